The number of hydrogen-bond acceptors (Lipinski definition) is 2. The van der Waals surface area contributed by atoms with Crippen LogP contribution in [0.15, 0.2) is 60.8 Å². The number of fused-ring (bicyclic) bond motifs is 1. The molecule has 106 valence electrons. The number of rotatable bonds is 3. The number of benzene rings is 2. The number of H-pyrrole nitrogens is 1. The van der Waals surface area contributed by atoms with Gasteiger partial charge in [-0.1, -0.05) is 56.3 Å². The normalized spacial score (nSPS) is 10.4. The molecule has 0 radical (unpaired) electrons. The van der Waals surface area contributed by atoms with Gasteiger partial charge in [0.25, 0.3) is 0 Å². The largest absolute Gasteiger partial charge is 0.289 e. The molecule has 0 saturated carbocycles. The van der Waals surface area contributed by atoms with Gasteiger partial charge in [-0.3, -0.25) is 9.89 Å². The zero-order chi connectivity index (χ0) is 15.1. The first kappa shape index (κ1) is 14.7. The number of hydrogen-bond donors (Lipinski definition) is 1. The van der Waals surface area contributed by atoms with Crippen molar-refractivity contribution in [1.82, 2.24) is 10.2 Å². The van der Waals surface area contributed by atoms with Crippen molar-refractivity contribution in [2.24, 2.45) is 0 Å². The summed E-state index contributed by atoms with van der Waals surface area (Å²) in [5, 5.41) is 7.90. The van der Waals surface area contributed by atoms with Gasteiger partial charge in [0, 0.05) is 10.9 Å². The summed E-state index contributed by atoms with van der Waals surface area (Å²) >= 11 is 0. The molecule has 3 heteroatoms. The second-order valence-corrected chi connectivity index (χ2v) is 4.28. The molecule has 3 rings (SSSR count). The van der Waals surface area contributed by atoms with Gasteiger partial charge in [-0.05, 0) is 23.8 Å². The van der Waals surface area contributed by atoms with Gasteiger partial charge in [-0.25, -0.2) is 0 Å². The molecule has 1 N–H and O–H groups in total. The predicted molar refractivity (Wildman–Crippen MR) is 87.2 cm³/mol. The van der Waals surface area contributed by atoms with E-state index in [1.54, 1.807) is 12.3 Å². The molecule has 1 aromatic heterocycles. The number of nitrogens with zero attached hydrogens (tertiary/aromatic N) is 1. The van der Waals surface area contributed by atoms with Crippen LogP contribution in [0.3, 0.4) is 0 Å². The molecule has 0 spiro atoms. The summed E-state index contributed by atoms with van der Waals surface area (Å²) in [5.41, 5.74) is 2.67. The Morgan fingerprint density at radius 3 is 2.62 bits per heavy atom. The molecule has 0 aliphatic heterocycles. The Balaban J connectivity index is 0.000000774. The van der Waals surface area contributed by atoms with E-state index < -0.39 is 0 Å². The van der Waals surface area contributed by atoms with E-state index >= 15 is 0 Å². The second kappa shape index (κ2) is 7.20. The first-order valence-corrected chi connectivity index (χ1v) is 7.03. The fourth-order valence-corrected chi connectivity index (χ4v) is 1.94. The lowest BCUT2D eigenvalue weighted by Crippen LogP contribution is -1.92. The topological polar surface area (TPSA) is 45.8 Å². The Kier molecular flexibility index (Phi) is 5.04. The van der Waals surface area contributed by atoms with Crippen LogP contribution in [0.5, 0.6) is 0 Å². The van der Waals surface area contributed by atoms with E-state index in [2.05, 4.69) is 10.2 Å². The van der Waals surface area contributed by atoms with E-state index in [4.69, 9.17) is 0 Å². The number of aromatic nitrogens is 2. The molecule has 3 nitrogen and oxygen atoms in total. The average Bonchev–Trinajstić information content (AvgIpc) is 3.03. The molecule has 1 heterocycles. The highest BCUT2D eigenvalue weighted by molar-refractivity contribution is 6.06. The van der Waals surface area contributed by atoms with Gasteiger partial charge >= 0.3 is 0 Å². The van der Waals surface area contributed by atoms with Gasteiger partial charge in [0.1, 0.15) is 0 Å². The van der Waals surface area contributed by atoms with Crippen LogP contribution in [0, 0.1) is 0 Å². The Morgan fingerprint density at radius 2 is 1.86 bits per heavy atom. The predicted octanol–water partition coefficient (Wildman–Crippen LogP) is 4.49. The molecule has 0 amide bonds. The van der Waals surface area contributed by atoms with Gasteiger partial charge in [-0.2, -0.15) is 5.10 Å². The van der Waals surface area contributed by atoms with E-state index in [0.29, 0.717) is 5.56 Å². The van der Waals surface area contributed by atoms with Gasteiger partial charge in [-0.15, -0.1) is 0 Å². The van der Waals surface area contributed by atoms with Crippen LogP contribution < -0.4 is 0 Å². The number of ketones is 1. The van der Waals surface area contributed by atoms with E-state index in [9.17, 15) is 4.79 Å². The number of carbonyl (C=O) groups excluding carboxylic acids is 1. The number of carbonyl (C=O) groups is 1. The fraction of sp³-hybridized carbons (Fsp3) is 0.111. The van der Waals surface area contributed by atoms with Crippen LogP contribution in [-0.2, 0) is 0 Å². The summed E-state index contributed by atoms with van der Waals surface area (Å²) in [6.45, 7) is 4.00. The first-order valence-electron chi connectivity index (χ1n) is 7.03. The Labute approximate surface area is 124 Å². The lowest BCUT2D eigenvalue weighted by Gasteiger charge is -1.95. The third kappa shape index (κ3) is 3.66. The van der Waals surface area contributed by atoms with Gasteiger partial charge in [0.15, 0.2) is 5.78 Å². The maximum absolute atomic E-state index is 11.9. The van der Waals surface area contributed by atoms with Crippen molar-refractivity contribution in [3.05, 3.63) is 71.9 Å². The summed E-state index contributed by atoms with van der Waals surface area (Å²) in [6, 6.07) is 15.1. The summed E-state index contributed by atoms with van der Waals surface area (Å²) < 4.78 is 0. The minimum atomic E-state index is 0.00731. The smallest absolute Gasteiger partial charge is 0.185 e. The molecule has 0 bridgehead atoms. The number of nitrogens with one attached hydrogen (secondary N) is 1. The monoisotopic (exact) mass is 278 g/mol. The quantitative estimate of drug-likeness (QED) is 0.567. The Hall–Kier alpha value is -2.68. The summed E-state index contributed by atoms with van der Waals surface area (Å²) in [6.07, 6.45) is 5.18. The highest BCUT2D eigenvalue weighted by Crippen LogP contribution is 2.14. The van der Waals surface area contributed by atoms with Crippen molar-refractivity contribution in [3.63, 3.8) is 0 Å². The van der Waals surface area contributed by atoms with Crippen molar-refractivity contribution < 1.29 is 4.79 Å². The summed E-state index contributed by atoms with van der Waals surface area (Å²) in [5.74, 6) is 0.00731. The molecule has 2 aromatic carbocycles. The van der Waals surface area contributed by atoms with Crippen molar-refractivity contribution >= 4 is 22.8 Å². The van der Waals surface area contributed by atoms with Crippen LogP contribution in [-0.4, -0.2) is 16.0 Å². The van der Waals surface area contributed by atoms with Gasteiger partial charge in [0.05, 0.1) is 11.7 Å². The maximum atomic E-state index is 11.9. The zero-order valence-corrected chi connectivity index (χ0v) is 12.2. The summed E-state index contributed by atoms with van der Waals surface area (Å²) in [4.78, 5) is 11.9. The third-order valence-corrected chi connectivity index (χ3v) is 2.95. The molecular weight excluding hydrogens is 260 g/mol. The van der Waals surface area contributed by atoms with E-state index in [-0.39, 0.29) is 5.78 Å². The molecule has 3 aromatic rings. The minimum absolute atomic E-state index is 0.00731. The van der Waals surface area contributed by atoms with E-state index in [1.165, 1.54) is 0 Å². The lowest BCUT2D eigenvalue weighted by molar-refractivity contribution is 0.104. The van der Waals surface area contributed by atoms with Crippen LogP contribution >= 0.6 is 0 Å². The lowest BCUT2D eigenvalue weighted by atomic mass is 10.1. The van der Waals surface area contributed by atoms with E-state index in [1.807, 2.05) is 68.5 Å². The molecule has 0 unspecified atom stereocenters. The Morgan fingerprint density at radius 1 is 1.10 bits per heavy atom. The highest BCUT2D eigenvalue weighted by atomic mass is 16.1. The molecule has 0 aliphatic rings. The molecule has 21 heavy (non-hydrogen) atoms. The number of allylic oxidation sites excluding steroid dienone is 1. The number of aromatic amines is 1. The van der Waals surface area contributed by atoms with E-state index in [0.717, 1.165) is 16.5 Å². The van der Waals surface area contributed by atoms with Gasteiger partial charge < -0.3 is 0 Å². The highest BCUT2D eigenvalue weighted by Gasteiger charge is 2.00. The Bertz CT molecular complexity index is 742. The van der Waals surface area contributed by atoms with Crippen molar-refractivity contribution in [1.29, 1.82) is 0 Å². The van der Waals surface area contributed by atoms with Crippen molar-refractivity contribution in [3.8, 4) is 0 Å². The summed E-state index contributed by atoms with van der Waals surface area (Å²) in [7, 11) is 0. The van der Waals surface area contributed by atoms with Crippen LogP contribution in [0.2, 0.25) is 0 Å². The zero-order valence-electron chi connectivity index (χ0n) is 12.2. The molecule has 0 fully saturated rings. The van der Waals surface area contributed by atoms with Crippen molar-refractivity contribution in [2.45, 2.75) is 13.8 Å². The van der Waals surface area contributed by atoms with Crippen molar-refractivity contribution in [2.75, 3.05) is 0 Å². The standard InChI is InChI=1S/C16H12N2O.C2H6/c19-16(13-4-2-1-3-5-13)9-7-12-6-8-15-14(10-12)11-17-18-15;1-2/h1-11H,(H,17,18);1-2H3/b9-7+;. The van der Waals surface area contributed by atoms with Crippen LogP contribution in [0.25, 0.3) is 17.0 Å². The maximum Gasteiger partial charge on any atom is 0.185 e. The van der Waals surface area contributed by atoms with Gasteiger partial charge in [0.2, 0.25) is 0 Å². The molecule has 0 aliphatic carbocycles. The molecular formula is C18H18N2O. The molecule has 0 atom stereocenters. The fourth-order valence-electron chi connectivity index (χ4n) is 1.94. The minimum Gasteiger partial charge on any atom is -0.289 e. The van der Waals surface area contributed by atoms with Crippen LogP contribution in [0.1, 0.15) is 29.8 Å². The molecule has 0 saturated heterocycles. The first-order chi connectivity index (χ1) is 10.3. The third-order valence-electron chi connectivity index (χ3n) is 2.95. The SMILES string of the molecule is CC.O=C(/C=C/c1ccc2[nH]ncc2c1)c1ccccc1. The average molecular weight is 278 g/mol. The van der Waals surface area contributed by atoms with Crippen LogP contribution in [0.4, 0.5) is 0 Å². The second-order valence-electron chi connectivity index (χ2n) is 4.28.